The van der Waals surface area contributed by atoms with E-state index in [1.54, 1.807) is 0 Å². The maximum atomic E-state index is 10.6. The van der Waals surface area contributed by atoms with Gasteiger partial charge in [0.05, 0.1) is 15.9 Å². The molecule has 0 unspecified atom stereocenters. The summed E-state index contributed by atoms with van der Waals surface area (Å²) in [6.45, 7) is 0. The van der Waals surface area contributed by atoms with Crippen molar-refractivity contribution in [3.63, 3.8) is 0 Å². The molecule has 0 heterocycles. The highest BCUT2D eigenvalue weighted by atomic mass is 79.9. The molecular formula is C9H12Br2O3. The van der Waals surface area contributed by atoms with Gasteiger partial charge in [-0.05, 0) is 50.6 Å². The minimum atomic E-state index is -0.847. The van der Waals surface area contributed by atoms with E-state index in [0.29, 0.717) is 6.42 Å². The van der Waals surface area contributed by atoms with Gasteiger partial charge in [0.15, 0.2) is 0 Å². The molecule has 0 bridgehead atoms. The van der Waals surface area contributed by atoms with Crippen molar-refractivity contribution in [2.75, 3.05) is 0 Å². The number of hydrogen-bond acceptors (Lipinski definition) is 2. The Kier molecular flexibility index (Phi) is 4.60. The molecule has 3 atom stereocenters. The van der Waals surface area contributed by atoms with Crippen LogP contribution in [0.15, 0.2) is 9.47 Å². The van der Waals surface area contributed by atoms with E-state index in [2.05, 4.69) is 31.9 Å². The second-order valence-electron chi connectivity index (χ2n) is 3.53. The molecule has 0 aromatic carbocycles. The molecule has 0 aromatic rings. The normalized spacial score (nSPS) is 31.5. The zero-order chi connectivity index (χ0) is 10.7. The fraction of sp³-hybridized carbons (Fsp3) is 0.667. The second-order valence-corrected chi connectivity index (χ2v) is 6.30. The van der Waals surface area contributed by atoms with Crippen molar-refractivity contribution >= 4 is 37.8 Å². The number of halogens is 2. The first-order valence-electron chi connectivity index (χ1n) is 4.43. The molecule has 1 aliphatic carbocycles. The van der Waals surface area contributed by atoms with Crippen LogP contribution in [0.4, 0.5) is 0 Å². The smallest absolute Gasteiger partial charge is 0.303 e. The average molecular weight is 328 g/mol. The van der Waals surface area contributed by atoms with E-state index in [4.69, 9.17) is 5.11 Å². The summed E-state index contributed by atoms with van der Waals surface area (Å²) in [5.74, 6) is -0.854. The van der Waals surface area contributed by atoms with E-state index in [1.165, 1.54) is 0 Å². The first kappa shape index (κ1) is 12.2. The highest BCUT2D eigenvalue weighted by Crippen LogP contribution is 2.37. The minimum Gasteiger partial charge on any atom is -0.481 e. The number of carbonyl (C=O) groups is 1. The summed E-state index contributed by atoms with van der Waals surface area (Å²) in [6, 6.07) is 0. The van der Waals surface area contributed by atoms with Crippen molar-refractivity contribution in [2.45, 2.75) is 25.4 Å². The highest BCUT2D eigenvalue weighted by molar-refractivity contribution is 9.28. The molecular weight excluding hydrogens is 316 g/mol. The van der Waals surface area contributed by atoms with Gasteiger partial charge in [-0.1, -0.05) is 6.08 Å². The number of carboxylic acids is 1. The Morgan fingerprint density at radius 3 is 2.57 bits per heavy atom. The molecule has 0 aliphatic heterocycles. The Hall–Kier alpha value is 0.130. The van der Waals surface area contributed by atoms with Crippen LogP contribution in [-0.4, -0.2) is 22.3 Å². The number of rotatable bonds is 3. The number of carboxylic acid groups (broad SMARTS) is 1. The molecule has 1 fully saturated rings. The van der Waals surface area contributed by atoms with Crippen LogP contribution in [0.1, 0.15) is 19.3 Å². The summed E-state index contributed by atoms with van der Waals surface area (Å²) in [4.78, 5) is 10.6. The SMILES string of the molecule is O=C(O)C[C@@H]1[C@H](O)CC[C@H]1C=C(Br)Br. The predicted octanol–water partition coefficient (Wildman–Crippen LogP) is 2.48. The molecule has 5 heteroatoms. The van der Waals surface area contributed by atoms with Crippen LogP contribution in [0, 0.1) is 11.8 Å². The van der Waals surface area contributed by atoms with Crippen LogP contribution in [0.25, 0.3) is 0 Å². The van der Waals surface area contributed by atoms with Crippen LogP contribution in [-0.2, 0) is 4.79 Å². The molecule has 3 nitrogen and oxygen atoms in total. The average Bonchev–Trinajstić information content (AvgIpc) is 2.34. The Morgan fingerprint density at radius 2 is 2.07 bits per heavy atom. The lowest BCUT2D eigenvalue weighted by Crippen LogP contribution is -2.21. The standard InChI is InChI=1S/C9H12Br2O3/c10-8(11)3-5-1-2-7(12)6(5)4-9(13)14/h3,5-7,12H,1-2,4H2,(H,13,14)/t5-,6-,7+/m0/s1. The fourth-order valence-electron chi connectivity index (χ4n) is 1.93. The van der Waals surface area contributed by atoms with Crippen LogP contribution >= 0.6 is 31.9 Å². The molecule has 2 N–H and O–H groups in total. The Morgan fingerprint density at radius 1 is 1.43 bits per heavy atom. The van der Waals surface area contributed by atoms with E-state index >= 15 is 0 Å². The molecule has 80 valence electrons. The van der Waals surface area contributed by atoms with Crippen molar-refractivity contribution in [1.82, 2.24) is 0 Å². The molecule has 0 radical (unpaired) electrons. The number of hydrogen-bond donors (Lipinski definition) is 2. The first-order valence-corrected chi connectivity index (χ1v) is 6.02. The Labute approximate surface area is 99.4 Å². The maximum Gasteiger partial charge on any atom is 0.303 e. The van der Waals surface area contributed by atoms with E-state index < -0.39 is 12.1 Å². The molecule has 0 aromatic heterocycles. The third kappa shape index (κ3) is 3.37. The van der Waals surface area contributed by atoms with E-state index in [9.17, 15) is 9.90 Å². The Bertz CT molecular complexity index is 248. The summed E-state index contributed by atoms with van der Waals surface area (Å²) in [5.41, 5.74) is 0. The van der Waals surface area contributed by atoms with Crippen LogP contribution < -0.4 is 0 Å². The van der Waals surface area contributed by atoms with Gasteiger partial charge in [0.1, 0.15) is 0 Å². The molecule has 0 saturated heterocycles. The van der Waals surface area contributed by atoms with Gasteiger partial charge in [0, 0.05) is 5.92 Å². The van der Waals surface area contributed by atoms with Gasteiger partial charge in [-0.25, -0.2) is 0 Å². The van der Waals surface area contributed by atoms with Gasteiger partial charge in [0.2, 0.25) is 0 Å². The lowest BCUT2D eigenvalue weighted by molar-refractivity contribution is -0.139. The Balaban J connectivity index is 2.66. The number of aliphatic hydroxyl groups is 1. The topological polar surface area (TPSA) is 57.5 Å². The van der Waals surface area contributed by atoms with Crippen molar-refractivity contribution in [3.8, 4) is 0 Å². The van der Waals surface area contributed by atoms with Gasteiger partial charge in [-0.3, -0.25) is 4.79 Å². The predicted molar refractivity (Wildman–Crippen MR) is 60.4 cm³/mol. The molecule has 1 saturated carbocycles. The monoisotopic (exact) mass is 326 g/mol. The highest BCUT2D eigenvalue weighted by Gasteiger charge is 2.35. The largest absolute Gasteiger partial charge is 0.481 e. The number of allylic oxidation sites excluding steroid dienone is 1. The van der Waals surface area contributed by atoms with Crippen molar-refractivity contribution < 1.29 is 15.0 Å². The van der Waals surface area contributed by atoms with Crippen LogP contribution in [0.2, 0.25) is 0 Å². The maximum absolute atomic E-state index is 10.6. The van der Waals surface area contributed by atoms with Crippen molar-refractivity contribution in [3.05, 3.63) is 9.47 Å². The minimum absolute atomic E-state index is 0.0373. The quantitative estimate of drug-likeness (QED) is 0.837. The zero-order valence-electron chi connectivity index (χ0n) is 7.49. The van der Waals surface area contributed by atoms with Gasteiger partial charge in [-0.15, -0.1) is 0 Å². The van der Waals surface area contributed by atoms with Gasteiger partial charge < -0.3 is 10.2 Å². The van der Waals surface area contributed by atoms with E-state index in [-0.39, 0.29) is 18.3 Å². The van der Waals surface area contributed by atoms with E-state index in [1.807, 2.05) is 6.08 Å². The number of aliphatic hydroxyl groups excluding tert-OH is 1. The van der Waals surface area contributed by atoms with Crippen LogP contribution in [0.5, 0.6) is 0 Å². The summed E-state index contributed by atoms with van der Waals surface area (Å²) >= 11 is 6.49. The third-order valence-corrected chi connectivity index (χ3v) is 3.12. The number of aliphatic carboxylic acids is 1. The fourth-order valence-corrected chi connectivity index (χ4v) is 2.61. The van der Waals surface area contributed by atoms with Crippen molar-refractivity contribution in [2.24, 2.45) is 11.8 Å². The first-order chi connectivity index (χ1) is 6.50. The summed E-state index contributed by atoms with van der Waals surface area (Å²) in [7, 11) is 0. The molecule has 1 rings (SSSR count). The second kappa shape index (κ2) is 5.28. The summed E-state index contributed by atoms with van der Waals surface area (Å²) < 4.78 is 0.819. The summed E-state index contributed by atoms with van der Waals surface area (Å²) in [5, 5.41) is 18.3. The molecule has 1 aliphatic rings. The lowest BCUT2D eigenvalue weighted by atomic mass is 9.92. The van der Waals surface area contributed by atoms with E-state index in [0.717, 1.165) is 9.81 Å². The van der Waals surface area contributed by atoms with Gasteiger partial charge in [0.25, 0.3) is 0 Å². The van der Waals surface area contributed by atoms with Gasteiger partial charge in [-0.2, -0.15) is 0 Å². The van der Waals surface area contributed by atoms with Gasteiger partial charge >= 0.3 is 5.97 Å². The van der Waals surface area contributed by atoms with Crippen molar-refractivity contribution in [1.29, 1.82) is 0 Å². The molecule has 14 heavy (non-hydrogen) atoms. The third-order valence-electron chi connectivity index (χ3n) is 2.59. The summed E-state index contributed by atoms with van der Waals surface area (Å²) in [6.07, 6.45) is 3.01. The molecule has 0 amide bonds. The molecule has 0 spiro atoms. The lowest BCUT2D eigenvalue weighted by Gasteiger charge is -2.17. The van der Waals surface area contributed by atoms with Crippen LogP contribution in [0.3, 0.4) is 0 Å². The zero-order valence-corrected chi connectivity index (χ0v) is 10.7.